The van der Waals surface area contributed by atoms with Crippen LogP contribution in [0.1, 0.15) is 21.6 Å². The Morgan fingerprint density at radius 1 is 1.17 bits per heavy atom. The van der Waals surface area contributed by atoms with Crippen molar-refractivity contribution >= 4 is 16.8 Å². The topological polar surface area (TPSA) is 97.2 Å². The average molecular weight is 389 g/mol. The molecule has 7 nitrogen and oxygen atoms in total. The summed E-state index contributed by atoms with van der Waals surface area (Å²) in [5.74, 6) is 0.704. The Morgan fingerprint density at radius 3 is 2.86 bits per heavy atom. The number of aromatic nitrogens is 2. The maximum Gasteiger partial charge on any atom is 0.273 e. The number of nitrogens with zero attached hydrogens (tertiary/aromatic N) is 1. The van der Waals surface area contributed by atoms with Gasteiger partial charge in [-0.25, -0.2) is 0 Å². The Bertz CT molecular complexity index is 1260. The molecule has 1 amide bonds. The molecule has 0 saturated heterocycles. The van der Waals surface area contributed by atoms with Crippen LogP contribution in [0.5, 0.6) is 5.75 Å². The number of hydrogen-bond donors (Lipinski definition) is 2. The van der Waals surface area contributed by atoms with E-state index >= 15 is 0 Å². The number of amides is 1. The molecule has 0 radical (unpaired) electrons. The van der Waals surface area contributed by atoms with E-state index in [1.807, 2.05) is 43.3 Å². The van der Waals surface area contributed by atoms with Gasteiger partial charge in [0.15, 0.2) is 11.5 Å². The lowest BCUT2D eigenvalue weighted by Crippen LogP contribution is -2.26. The predicted octanol–water partition coefficient (Wildman–Crippen LogP) is 3.43. The Labute approximate surface area is 166 Å². The number of hydrogen-bond acceptors (Lipinski definition) is 5. The normalized spacial score (nSPS) is 10.8. The van der Waals surface area contributed by atoms with Gasteiger partial charge in [-0.1, -0.05) is 28.9 Å². The fraction of sp³-hybridized carbons (Fsp3) is 0.136. The number of aromatic amines is 1. The average Bonchev–Trinajstić information content (AvgIpc) is 3.23. The van der Waals surface area contributed by atoms with E-state index in [0.717, 1.165) is 22.0 Å². The zero-order valence-corrected chi connectivity index (χ0v) is 16.0. The van der Waals surface area contributed by atoms with Crippen molar-refractivity contribution in [1.29, 1.82) is 0 Å². The monoisotopic (exact) mass is 389 g/mol. The molecular weight excluding hydrogens is 370 g/mol. The van der Waals surface area contributed by atoms with E-state index in [-0.39, 0.29) is 17.8 Å². The van der Waals surface area contributed by atoms with Gasteiger partial charge in [-0.05, 0) is 42.6 Å². The van der Waals surface area contributed by atoms with Crippen LogP contribution >= 0.6 is 0 Å². The molecule has 0 fully saturated rings. The van der Waals surface area contributed by atoms with Crippen molar-refractivity contribution in [3.63, 3.8) is 0 Å². The summed E-state index contributed by atoms with van der Waals surface area (Å²) in [6.45, 7) is 2.07. The SMILES string of the molecule is COc1cccc(-c2cc(C(=O)NCc3cc4cc(C)ccc4[nH]c3=O)no2)c1. The van der Waals surface area contributed by atoms with Crippen LogP contribution in [0.25, 0.3) is 22.2 Å². The summed E-state index contributed by atoms with van der Waals surface area (Å²) in [6, 6.07) is 16.4. The van der Waals surface area contributed by atoms with Crippen LogP contribution in [0.3, 0.4) is 0 Å². The van der Waals surface area contributed by atoms with Crippen molar-refractivity contribution in [2.24, 2.45) is 0 Å². The highest BCUT2D eigenvalue weighted by molar-refractivity contribution is 5.93. The van der Waals surface area contributed by atoms with Gasteiger partial charge >= 0.3 is 0 Å². The summed E-state index contributed by atoms with van der Waals surface area (Å²) in [5, 5.41) is 7.46. The van der Waals surface area contributed by atoms with Gasteiger partial charge in [0.25, 0.3) is 11.5 Å². The van der Waals surface area contributed by atoms with Crippen molar-refractivity contribution in [3.8, 4) is 17.1 Å². The summed E-state index contributed by atoms with van der Waals surface area (Å²) in [7, 11) is 1.58. The molecular formula is C22H19N3O4. The first-order valence-corrected chi connectivity index (χ1v) is 9.05. The number of methoxy groups -OCH3 is 1. The summed E-state index contributed by atoms with van der Waals surface area (Å²) in [6.07, 6.45) is 0. The number of nitrogens with one attached hydrogen (secondary N) is 2. The van der Waals surface area contributed by atoms with Gasteiger partial charge in [0.1, 0.15) is 5.75 Å². The third kappa shape index (κ3) is 3.89. The molecule has 0 bridgehead atoms. The number of carbonyl (C=O) groups is 1. The Kier molecular flexibility index (Phi) is 4.87. The van der Waals surface area contributed by atoms with Crippen LogP contribution in [-0.4, -0.2) is 23.2 Å². The number of rotatable bonds is 5. The van der Waals surface area contributed by atoms with Crippen molar-refractivity contribution in [3.05, 3.63) is 81.8 Å². The molecule has 4 aromatic rings. The second-order valence-electron chi connectivity index (χ2n) is 6.71. The highest BCUT2D eigenvalue weighted by Crippen LogP contribution is 2.24. The molecule has 0 saturated carbocycles. The number of fused-ring (bicyclic) bond motifs is 1. The number of benzene rings is 2. The van der Waals surface area contributed by atoms with E-state index in [1.165, 1.54) is 0 Å². The Hall–Kier alpha value is -3.87. The van der Waals surface area contributed by atoms with E-state index in [0.29, 0.717) is 17.1 Å². The molecule has 0 aliphatic heterocycles. The summed E-state index contributed by atoms with van der Waals surface area (Å²) in [5.41, 5.74) is 2.96. The number of carbonyl (C=O) groups excluding carboxylic acids is 1. The highest BCUT2D eigenvalue weighted by atomic mass is 16.5. The van der Waals surface area contributed by atoms with Crippen LogP contribution < -0.4 is 15.6 Å². The Balaban J connectivity index is 1.50. The molecule has 146 valence electrons. The van der Waals surface area contributed by atoms with Crippen LogP contribution in [0.4, 0.5) is 0 Å². The quantitative estimate of drug-likeness (QED) is 0.545. The maximum absolute atomic E-state index is 12.4. The lowest BCUT2D eigenvalue weighted by Gasteiger charge is -2.05. The molecule has 2 heterocycles. The van der Waals surface area contributed by atoms with Crippen LogP contribution in [0.15, 0.2) is 63.9 Å². The standard InChI is InChI=1S/C22H19N3O4/c1-13-6-7-18-15(8-13)9-16(21(26)24-18)12-23-22(27)19-11-20(29-25-19)14-4-3-5-17(10-14)28-2/h3-11H,12H2,1-2H3,(H,23,27)(H,24,26). The van der Waals surface area contributed by atoms with Gasteiger partial charge in [-0.3, -0.25) is 9.59 Å². The second kappa shape index (κ2) is 7.63. The molecule has 2 aromatic heterocycles. The minimum atomic E-state index is -0.424. The van der Waals surface area contributed by atoms with E-state index < -0.39 is 5.91 Å². The molecule has 29 heavy (non-hydrogen) atoms. The van der Waals surface area contributed by atoms with Crippen LogP contribution in [-0.2, 0) is 6.54 Å². The van der Waals surface area contributed by atoms with Gasteiger partial charge in [-0.2, -0.15) is 0 Å². The molecule has 0 unspecified atom stereocenters. The lowest BCUT2D eigenvalue weighted by atomic mass is 10.1. The molecule has 2 N–H and O–H groups in total. The first-order chi connectivity index (χ1) is 14.0. The fourth-order valence-electron chi connectivity index (χ4n) is 3.06. The largest absolute Gasteiger partial charge is 0.497 e. The zero-order chi connectivity index (χ0) is 20.4. The fourth-order valence-corrected chi connectivity index (χ4v) is 3.06. The zero-order valence-electron chi connectivity index (χ0n) is 16.0. The third-order valence-corrected chi connectivity index (χ3v) is 4.61. The van der Waals surface area contributed by atoms with Gasteiger partial charge in [-0.15, -0.1) is 0 Å². The van der Waals surface area contributed by atoms with Crippen molar-refractivity contribution < 1.29 is 14.1 Å². The minimum absolute atomic E-state index is 0.0827. The van der Waals surface area contributed by atoms with Crippen LogP contribution in [0.2, 0.25) is 0 Å². The smallest absolute Gasteiger partial charge is 0.273 e. The molecule has 7 heteroatoms. The number of aryl methyl sites for hydroxylation is 1. The van der Waals surface area contributed by atoms with Gasteiger partial charge in [0.05, 0.1) is 7.11 Å². The van der Waals surface area contributed by atoms with E-state index in [9.17, 15) is 9.59 Å². The van der Waals surface area contributed by atoms with E-state index in [4.69, 9.17) is 9.26 Å². The van der Waals surface area contributed by atoms with Gasteiger partial charge in [0, 0.05) is 29.3 Å². The maximum atomic E-state index is 12.4. The van der Waals surface area contributed by atoms with Crippen molar-refractivity contribution in [2.75, 3.05) is 7.11 Å². The van der Waals surface area contributed by atoms with E-state index in [2.05, 4.69) is 15.5 Å². The summed E-state index contributed by atoms with van der Waals surface area (Å²) >= 11 is 0. The first-order valence-electron chi connectivity index (χ1n) is 9.05. The Morgan fingerprint density at radius 2 is 2.03 bits per heavy atom. The molecule has 2 aromatic carbocycles. The number of H-pyrrole nitrogens is 1. The summed E-state index contributed by atoms with van der Waals surface area (Å²) < 4.78 is 10.5. The third-order valence-electron chi connectivity index (χ3n) is 4.61. The molecule has 0 aliphatic carbocycles. The first kappa shape index (κ1) is 18.5. The molecule has 4 rings (SSSR count). The predicted molar refractivity (Wildman–Crippen MR) is 109 cm³/mol. The van der Waals surface area contributed by atoms with Crippen LogP contribution in [0, 0.1) is 6.92 Å². The van der Waals surface area contributed by atoms with E-state index in [1.54, 1.807) is 25.3 Å². The van der Waals surface area contributed by atoms with Crippen molar-refractivity contribution in [1.82, 2.24) is 15.5 Å². The lowest BCUT2D eigenvalue weighted by molar-refractivity contribution is 0.0942. The van der Waals surface area contributed by atoms with Gasteiger partial charge < -0.3 is 19.6 Å². The van der Waals surface area contributed by atoms with Gasteiger partial charge in [0.2, 0.25) is 0 Å². The molecule has 0 spiro atoms. The number of ether oxygens (including phenoxy) is 1. The second-order valence-corrected chi connectivity index (χ2v) is 6.71. The summed E-state index contributed by atoms with van der Waals surface area (Å²) in [4.78, 5) is 27.5. The number of pyridine rings is 1. The van der Waals surface area contributed by atoms with Crippen molar-refractivity contribution in [2.45, 2.75) is 13.5 Å². The molecule has 0 atom stereocenters. The highest BCUT2D eigenvalue weighted by Gasteiger charge is 2.15. The molecule has 0 aliphatic rings. The minimum Gasteiger partial charge on any atom is -0.497 e.